The fourth-order valence-corrected chi connectivity index (χ4v) is 1.65. The van der Waals surface area contributed by atoms with Gasteiger partial charge in [0.05, 0.1) is 25.4 Å². The molecule has 1 aromatic heterocycles. The topological polar surface area (TPSA) is 69.0 Å². The first-order chi connectivity index (χ1) is 9.29. The zero-order valence-electron chi connectivity index (χ0n) is 10.7. The van der Waals surface area contributed by atoms with Crippen molar-refractivity contribution in [3.63, 3.8) is 0 Å². The summed E-state index contributed by atoms with van der Waals surface area (Å²) in [5.41, 5.74) is 1.68. The number of nitrogens with zero attached hydrogens (tertiary/aromatic N) is 3. The van der Waals surface area contributed by atoms with E-state index in [-0.39, 0.29) is 5.97 Å². The van der Waals surface area contributed by atoms with E-state index >= 15 is 0 Å². The Morgan fingerprint density at radius 3 is 2.79 bits per heavy atom. The van der Waals surface area contributed by atoms with Crippen LogP contribution in [0, 0.1) is 0 Å². The van der Waals surface area contributed by atoms with Gasteiger partial charge in [-0.2, -0.15) is 0 Å². The average molecular weight is 260 g/mol. The number of hydrogen-bond acceptors (Lipinski definition) is 5. The smallest absolute Gasteiger partial charge is 0.337 e. The lowest BCUT2D eigenvalue weighted by Crippen LogP contribution is -2.19. The van der Waals surface area contributed by atoms with Gasteiger partial charge in [-0.3, -0.25) is 4.68 Å². The lowest BCUT2D eigenvalue weighted by molar-refractivity contribution is 0.0600. The third-order valence-electron chi connectivity index (χ3n) is 2.69. The zero-order chi connectivity index (χ0) is 13.5. The summed E-state index contributed by atoms with van der Waals surface area (Å²) < 4.78 is 6.42. The number of benzene rings is 1. The molecule has 19 heavy (non-hydrogen) atoms. The molecular formula is C13H16N4O2. The van der Waals surface area contributed by atoms with Crippen LogP contribution in [0.25, 0.3) is 0 Å². The quantitative estimate of drug-likeness (QED) is 0.616. The molecule has 2 rings (SSSR count). The van der Waals surface area contributed by atoms with Crippen molar-refractivity contribution in [1.82, 2.24) is 20.3 Å². The second-order valence-electron chi connectivity index (χ2n) is 4.03. The van der Waals surface area contributed by atoms with E-state index in [1.54, 1.807) is 23.0 Å². The number of nitrogens with one attached hydrogen (secondary N) is 1. The molecule has 0 aliphatic rings. The van der Waals surface area contributed by atoms with E-state index in [1.807, 2.05) is 18.3 Å². The van der Waals surface area contributed by atoms with Gasteiger partial charge in [0.2, 0.25) is 0 Å². The molecule has 1 N–H and O–H groups in total. The number of aromatic nitrogens is 3. The van der Waals surface area contributed by atoms with Crippen molar-refractivity contribution in [2.24, 2.45) is 0 Å². The number of rotatable bonds is 6. The van der Waals surface area contributed by atoms with Crippen molar-refractivity contribution in [2.45, 2.75) is 13.1 Å². The maximum absolute atomic E-state index is 11.3. The van der Waals surface area contributed by atoms with E-state index in [0.717, 1.165) is 25.2 Å². The first kappa shape index (κ1) is 13.2. The van der Waals surface area contributed by atoms with E-state index in [2.05, 4.69) is 20.4 Å². The highest BCUT2D eigenvalue weighted by Crippen LogP contribution is 2.05. The maximum Gasteiger partial charge on any atom is 0.337 e. The second-order valence-corrected chi connectivity index (χ2v) is 4.03. The van der Waals surface area contributed by atoms with E-state index in [9.17, 15) is 4.79 Å². The molecular weight excluding hydrogens is 244 g/mol. The Bertz CT molecular complexity index is 508. The third-order valence-corrected chi connectivity index (χ3v) is 2.69. The molecule has 2 aromatic rings. The Morgan fingerprint density at radius 1 is 1.37 bits per heavy atom. The summed E-state index contributed by atoms with van der Waals surface area (Å²) in [5.74, 6) is -0.314. The van der Waals surface area contributed by atoms with Crippen LogP contribution in [0.1, 0.15) is 15.9 Å². The standard InChI is InChI=1S/C13H16N4O2/c1-19-13(18)12-4-2-11(3-5-12)10-14-6-8-17-9-7-15-16-17/h2-5,7,9,14H,6,8,10H2,1H3. The van der Waals surface area contributed by atoms with Crippen molar-refractivity contribution >= 4 is 5.97 Å². The zero-order valence-corrected chi connectivity index (χ0v) is 10.7. The predicted molar refractivity (Wildman–Crippen MR) is 69.5 cm³/mol. The molecule has 0 aliphatic heterocycles. The summed E-state index contributed by atoms with van der Waals surface area (Å²) in [7, 11) is 1.38. The molecule has 0 bridgehead atoms. The third kappa shape index (κ3) is 3.89. The summed E-state index contributed by atoms with van der Waals surface area (Å²) in [6.45, 7) is 2.33. The second kappa shape index (κ2) is 6.65. The molecule has 1 heterocycles. The largest absolute Gasteiger partial charge is 0.465 e. The molecule has 0 aliphatic carbocycles. The Balaban J connectivity index is 1.75. The summed E-state index contributed by atoms with van der Waals surface area (Å²) >= 11 is 0. The number of esters is 1. The van der Waals surface area contributed by atoms with Gasteiger partial charge in [-0.05, 0) is 17.7 Å². The Labute approximate surface area is 111 Å². The van der Waals surface area contributed by atoms with Crippen molar-refractivity contribution in [3.8, 4) is 0 Å². The molecule has 0 fully saturated rings. The van der Waals surface area contributed by atoms with Gasteiger partial charge in [-0.25, -0.2) is 4.79 Å². The van der Waals surface area contributed by atoms with Crippen molar-refractivity contribution < 1.29 is 9.53 Å². The molecule has 0 saturated carbocycles. The van der Waals surface area contributed by atoms with Crippen LogP contribution in [0.2, 0.25) is 0 Å². The van der Waals surface area contributed by atoms with Gasteiger partial charge in [-0.1, -0.05) is 17.3 Å². The molecule has 0 unspecified atom stereocenters. The summed E-state index contributed by atoms with van der Waals surface area (Å²) in [4.78, 5) is 11.3. The fraction of sp³-hybridized carbons (Fsp3) is 0.308. The number of ether oxygens (including phenoxy) is 1. The van der Waals surface area contributed by atoms with Gasteiger partial charge in [0.15, 0.2) is 0 Å². The van der Waals surface area contributed by atoms with E-state index in [1.165, 1.54) is 7.11 Å². The Hall–Kier alpha value is -2.21. The molecule has 1 aromatic carbocycles. The number of carbonyl (C=O) groups excluding carboxylic acids is 1. The minimum atomic E-state index is -0.314. The van der Waals surface area contributed by atoms with Gasteiger partial charge < -0.3 is 10.1 Å². The van der Waals surface area contributed by atoms with Crippen LogP contribution < -0.4 is 5.32 Å². The molecule has 0 radical (unpaired) electrons. The first-order valence-corrected chi connectivity index (χ1v) is 6.01. The SMILES string of the molecule is COC(=O)c1ccc(CNCCn2ccnn2)cc1. The van der Waals surface area contributed by atoms with Crippen LogP contribution in [0.15, 0.2) is 36.7 Å². The summed E-state index contributed by atoms with van der Waals surface area (Å²) in [6.07, 6.45) is 3.48. The molecule has 0 saturated heterocycles. The van der Waals surface area contributed by atoms with Crippen molar-refractivity contribution in [2.75, 3.05) is 13.7 Å². The van der Waals surface area contributed by atoms with E-state index in [4.69, 9.17) is 0 Å². The van der Waals surface area contributed by atoms with Gasteiger partial charge in [0, 0.05) is 19.3 Å². The molecule has 6 heteroatoms. The van der Waals surface area contributed by atoms with Gasteiger partial charge in [0.25, 0.3) is 0 Å². The first-order valence-electron chi connectivity index (χ1n) is 6.01. The lowest BCUT2D eigenvalue weighted by Gasteiger charge is -2.05. The minimum absolute atomic E-state index is 0.314. The number of carbonyl (C=O) groups is 1. The van der Waals surface area contributed by atoms with Crippen LogP contribution in [0.4, 0.5) is 0 Å². The van der Waals surface area contributed by atoms with Crippen LogP contribution >= 0.6 is 0 Å². The van der Waals surface area contributed by atoms with Gasteiger partial charge >= 0.3 is 5.97 Å². The molecule has 0 amide bonds. The highest BCUT2D eigenvalue weighted by atomic mass is 16.5. The number of methoxy groups -OCH3 is 1. The van der Waals surface area contributed by atoms with Crippen LogP contribution in [-0.4, -0.2) is 34.6 Å². The normalized spacial score (nSPS) is 10.4. The van der Waals surface area contributed by atoms with Crippen LogP contribution in [0.5, 0.6) is 0 Å². The highest BCUT2D eigenvalue weighted by molar-refractivity contribution is 5.89. The highest BCUT2D eigenvalue weighted by Gasteiger charge is 2.03. The maximum atomic E-state index is 11.3. The summed E-state index contributed by atoms with van der Waals surface area (Å²) in [6, 6.07) is 7.35. The lowest BCUT2D eigenvalue weighted by atomic mass is 10.1. The monoisotopic (exact) mass is 260 g/mol. The van der Waals surface area contributed by atoms with Gasteiger partial charge in [0.1, 0.15) is 0 Å². The van der Waals surface area contributed by atoms with Crippen molar-refractivity contribution in [1.29, 1.82) is 0 Å². The van der Waals surface area contributed by atoms with Crippen LogP contribution in [-0.2, 0) is 17.8 Å². The molecule has 0 spiro atoms. The number of hydrogen-bond donors (Lipinski definition) is 1. The minimum Gasteiger partial charge on any atom is -0.465 e. The molecule has 6 nitrogen and oxygen atoms in total. The predicted octanol–water partition coefficient (Wildman–Crippen LogP) is 0.854. The molecule has 0 atom stereocenters. The van der Waals surface area contributed by atoms with E-state index < -0.39 is 0 Å². The van der Waals surface area contributed by atoms with Crippen LogP contribution in [0.3, 0.4) is 0 Å². The van der Waals surface area contributed by atoms with Crippen molar-refractivity contribution in [3.05, 3.63) is 47.8 Å². The van der Waals surface area contributed by atoms with Gasteiger partial charge in [-0.15, -0.1) is 5.10 Å². The summed E-state index contributed by atoms with van der Waals surface area (Å²) in [5, 5.41) is 10.9. The van der Waals surface area contributed by atoms with E-state index in [0.29, 0.717) is 5.56 Å². The Kier molecular flexibility index (Phi) is 4.63. The molecule has 100 valence electrons. The Morgan fingerprint density at radius 2 is 2.16 bits per heavy atom. The fourth-order valence-electron chi connectivity index (χ4n) is 1.65. The average Bonchev–Trinajstić information content (AvgIpc) is 2.96.